The fraction of sp³-hybridized carbons (Fsp3) is 0.200. The van der Waals surface area contributed by atoms with E-state index in [1.54, 1.807) is 0 Å². The van der Waals surface area contributed by atoms with Crippen molar-refractivity contribution in [2.45, 2.75) is 19.4 Å². The zero-order valence-corrected chi connectivity index (χ0v) is 13.5. The van der Waals surface area contributed by atoms with Crippen LogP contribution in [-0.2, 0) is 6.42 Å². The first-order valence-corrected chi connectivity index (χ1v) is 7.43. The first kappa shape index (κ1) is 14.7. The minimum Gasteiger partial charge on any atom is -0.388 e. The molecule has 19 heavy (non-hydrogen) atoms. The first-order chi connectivity index (χ1) is 8.95. The Balaban J connectivity index is 2.25. The Morgan fingerprint density at radius 1 is 1.11 bits per heavy atom. The fourth-order valence-corrected chi connectivity index (χ4v) is 2.92. The van der Waals surface area contributed by atoms with Crippen LogP contribution in [0.1, 0.15) is 22.8 Å². The second-order valence-electron chi connectivity index (χ2n) is 4.50. The molecule has 0 aliphatic carbocycles. The van der Waals surface area contributed by atoms with Crippen molar-refractivity contribution in [1.29, 1.82) is 0 Å². The minimum atomic E-state index is -0.647. The summed E-state index contributed by atoms with van der Waals surface area (Å²) in [4.78, 5) is 0. The van der Waals surface area contributed by atoms with Gasteiger partial charge in [0.25, 0.3) is 0 Å². The largest absolute Gasteiger partial charge is 0.388 e. The van der Waals surface area contributed by atoms with Crippen LogP contribution in [0.2, 0.25) is 0 Å². The standard InChI is InChI=1S/C15H13Br2FO/c1-9-2-3-11(16)8-14(9)15(19)6-10-4-12(17)7-13(18)5-10/h2-5,7-8,15,19H,6H2,1H3. The number of rotatable bonds is 3. The van der Waals surface area contributed by atoms with Crippen molar-refractivity contribution in [3.8, 4) is 0 Å². The van der Waals surface area contributed by atoms with Crippen molar-refractivity contribution in [2.24, 2.45) is 0 Å². The van der Waals surface area contributed by atoms with Crippen molar-refractivity contribution in [2.75, 3.05) is 0 Å². The molecule has 0 saturated heterocycles. The van der Waals surface area contributed by atoms with Gasteiger partial charge in [-0.1, -0.05) is 37.9 Å². The highest BCUT2D eigenvalue weighted by Gasteiger charge is 2.12. The molecule has 2 aromatic rings. The number of aliphatic hydroxyl groups excluding tert-OH is 1. The predicted octanol–water partition coefficient (Wildman–Crippen LogP) is 4.94. The van der Waals surface area contributed by atoms with E-state index in [4.69, 9.17) is 0 Å². The summed E-state index contributed by atoms with van der Waals surface area (Å²) in [7, 11) is 0. The molecular formula is C15H13Br2FO. The number of halogens is 3. The van der Waals surface area contributed by atoms with Gasteiger partial charge in [-0.15, -0.1) is 0 Å². The molecule has 0 aliphatic heterocycles. The van der Waals surface area contributed by atoms with Gasteiger partial charge < -0.3 is 5.11 Å². The molecule has 1 N–H and O–H groups in total. The molecule has 4 heteroatoms. The lowest BCUT2D eigenvalue weighted by atomic mass is 9.98. The number of aliphatic hydroxyl groups is 1. The fourth-order valence-electron chi connectivity index (χ4n) is 2.03. The van der Waals surface area contributed by atoms with Crippen LogP contribution in [0.3, 0.4) is 0 Å². The Bertz CT molecular complexity index is 578. The molecule has 0 bridgehead atoms. The summed E-state index contributed by atoms with van der Waals surface area (Å²) in [5.41, 5.74) is 2.64. The topological polar surface area (TPSA) is 20.2 Å². The zero-order valence-electron chi connectivity index (χ0n) is 10.3. The molecular weight excluding hydrogens is 375 g/mol. The second-order valence-corrected chi connectivity index (χ2v) is 6.33. The average Bonchev–Trinajstić information content (AvgIpc) is 2.30. The van der Waals surface area contributed by atoms with Gasteiger partial charge in [0.2, 0.25) is 0 Å². The summed E-state index contributed by atoms with van der Waals surface area (Å²) in [6.45, 7) is 1.95. The van der Waals surface area contributed by atoms with Crippen LogP contribution in [0.15, 0.2) is 45.3 Å². The van der Waals surface area contributed by atoms with Crippen molar-refractivity contribution >= 4 is 31.9 Å². The molecule has 0 aliphatic rings. The summed E-state index contributed by atoms with van der Waals surface area (Å²) in [5.74, 6) is -0.303. The lowest BCUT2D eigenvalue weighted by molar-refractivity contribution is 0.177. The summed E-state index contributed by atoms with van der Waals surface area (Å²) in [6, 6.07) is 10.4. The van der Waals surface area contributed by atoms with Gasteiger partial charge in [0.05, 0.1) is 6.10 Å². The molecule has 0 fully saturated rings. The Labute approximate surface area is 128 Å². The molecule has 0 aromatic heterocycles. The highest BCUT2D eigenvalue weighted by molar-refractivity contribution is 9.10. The summed E-state index contributed by atoms with van der Waals surface area (Å²) in [6.07, 6.45) is -0.264. The van der Waals surface area contributed by atoms with Gasteiger partial charge in [-0.25, -0.2) is 4.39 Å². The van der Waals surface area contributed by atoms with E-state index < -0.39 is 6.10 Å². The van der Waals surface area contributed by atoms with Crippen LogP contribution >= 0.6 is 31.9 Å². The van der Waals surface area contributed by atoms with Crippen LogP contribution in [0.4, 0.5) is 4.39 Å². The minimum absolute atomic E-state index is 0.303. The van der Waals surface area contributed by atoms with Gasteiger partial charge in [0.1, 0.15) is 5.82 Å². The number of aryl methyl sites for hydroxylation is 1. The lowest BCUT2D eigenvalue weighted by Gasteiger charge is -2.14. The average molecular weight is 388 g/mol. The Morgan fingerprint density at radius 3 is 2.53 bits per heavy atom. The summed E-state index contributed by atoms with van der Waals surface area (Å²) < 4.78 is 14.9. The maximum atomic E-state index is 13.3. The number of benzene rings is 2. The number of hydrogen-bond acceptors (Lipinski definition) is 1. The molecule has 0 saturated carbocycles. The van der Waals surface area contributed by atoms with E-state index in [2.05, 4.69) is 31.9 Å². The van der Waals surface area contributed by atoms with Crippen LogP contribution in [0.5, 0.6) is 0 Å². The van der Waals surface area contributed by atoms with E-state index in [-0.39, 0.29) is 5.82 Å². The molecule has 0 heterocycles. The van der Waals surface area contributed by atoms with E-state index in [0.717, 1.165) is 21.2 Å². The zero-order chi connectivity index (χ0) is 14.0. The van der Waals surface area contributed by atoms with E-state index >= 15 is 0 Å². The van der Waals surface area contributed by atoms with E-state index in [0.29, 0.717) is 10.9 Å². The smallest absolute Gasteiger partial charge is 0.124 e. The third-order valence-corrected chi connectivity index (χ3v) is 3.90. The first-order valence-electron chi connectivity index (χ1n) is 5.85. The van der Waals surface area contributed by atoms with Crippen LogP contribution in [0.25, 0.3) is 0 Å². The molecule has 0 spiro atoms. The highest BCUT2D eigenvalue weighted by atomic mass is 79.9. The third-order valence-electron chi connectivity index (χ3n) is 2.95. The van der Waals surface area contributed by atoms with Crippen LogP contribution in [-0.4, -0.2) is 5.11 Å². The van der Waals surface area contributed by atoms with Crippen molar-refractivity contribution in [1.82, 2.24) is 0 Å². The Hall–Kier alpha value is -0.710. The molecule has 1 atom stereocenters. The maximum absolute atomic E-state index is 13.3. The number of hydrogen-bond donors (Lipinski definition) is 1. The Kier molecular flexibility index (Phi) is 4.76. The van der Waals surface area contributed by atoms with E-state index in [1.807, 2.05) is 31.2 Å². The highest BCUT2D eigenvalue weighted by Crippen LogP contribution is 2.26. The van der Waals surface area contributed by atoms with E-state index in [1.165, 1.54) is 12.1 Å². The predicted molar refractivity (Wildman–Crippen MR) is 81.6 cm³/mol. The maximum Gasteiger partial charge on any atom is 0.124 e. The Morgan fingerprint density at radius 2 is 1.84 bits per heavy atom. The van der Waals surface area contributed by atoms with Gasteiger partial charge in [-0.3, -0.25) is 0 Å². The van der Waals surface area contributed by atoms with Crippen molar-refractivity contribution < 1.29 is 9.50 Å². The lowest BCUT2D eigenvalue weighted by Crippen LogP contribution is -2.04. The molecule has 2 rings (SSSR count). The summed E-state index contributed by atoms with van der Waals surface area (Å²) >= 11 is 6.65. The molecule has 2 aromatic carbocycles. The molecule has 0 radical (unpaired) electrons. The molecule has 1 nitrogen and oxygen atoms in total. The van der Waals surface area contributed by atoms with Gasteiger partial charge in [0.15, 0.2) is 0 Å². The van der Waals surface area contributed by atoms with Crippen molar-refractivity contribution in [3.63, 3.8) is 0 Å². The van der Waals surface area contributed by atoms with Crippen molar-refractivity contribution in [3.05, 3.63) is 67.9 Å². The van der Waals surface area contributed by atoms with Gasteiger partial charge >= 0.3 is 0 Å². The third kappa shape index (κ3) is 3.88. The van der Waals surface area contributed by atoms with Gasteiger partial charge in [-0.2, -0.15) is 0 Å². The van der Waals surface area contributed by atoms with Gasteiger partial charge in [0, 0.05) is 15.4 Å². The van der Waals surface area contributed by atoms with Gasteiger partial charge in [-0.05, 0) is 53.9 Å². The molecule has 100 valence electrons. The quantitative estimate of drug-likeness (QED) is 0.791. The van der Waals surface area contributed by atoms with Crippen LogP contribution < -0.4 is 0 Å². The molecule has 0 amide bonds. The SMILES string of the molecule is Cc1ccc(Br)cc1C(O)Cc1cc(F)cc(Br)c1. The summed E-state index contributed by atoms with van der Waals surface area (Å²) in [5, 5.41) is 10.3. The monoisotopic (exact) mass is 386 g/mol. The normalized spacial score (nSPS) is 12.5. The van der Waals surface area contributed by atoms with E-state index in [9.17, 15) is 9.50 Å². The molecule has 1 unspecified atom stereocenters. The second kappa shape index (κ2) is 6.16. The van der Waals surface area contributed by atoms with Crippen LogP contribution in [0, 0.1) is 12.7 Å².